The molecule has 1 aliphatic heterocycles. The van der Waals surface area contributed by atoms with Crippen molar-refractivity contribution in [3.63, 3.8) is 0 Å². The third kappa shape index (κ3) is 4.15. The van der Waals surface area contributed by atoms with E-state index in [4.69, 9.17) is 4.74 Å². The number of ether oxygens (including phenoxy) is 1. The molecule has 0 amide bonds. The van der Waals surface area contributed by atoms with Crippen molar-refractivity contribution in [1.82, 2.24) is 14.5 Å². The summed E-state index contributed by atoms with van der Waals surface area (Å²) in [5, 5.41) is 10.5. The van der Waals surface area contributed by atoms with Gasteiger partial charge in [-0.2, -0.15) is 0 Å². The van der Waals surface area contributed by atoms with Crippen LogP contribution in [0.4, 0.5) is 13.6 Å². The first-order valence-corrected chi connectivity index (χ1v) is 12.0. The van der Waals surface area contributed by atoms with Crippen molar-refractivity contribution in [2.24, 2.45) is 5.41 Å². The lowest BCUT2D eigenvalue weighted by molar-refractivity contribution is -0.186. The maximum Gasteiger partial charge on any atom is 0.416 e. The van der Waals surface area contributed by atoms with Gasteiger partial charge >= 0.3 is 12.1 Å². The lowest BCUT2D eigenvalue weighted by atomic mass is 9.59. The number of esters is 1. The first-order chi connectivity index (χ1) is 17.0. The molecule has 2 fully saturated rings. The molecule has 1 saturated carbocycles. The van der Waals surface area contributed by atoms with Gasteiger partial charge in [0.15, 0.2) is 0 Å². The molecule has 1 aromatic carbocycles. The molecule has 1 spiro atoms. The normalized spacial score (nSPS) is 20.9. The van der Waals surface area contributed by atoms with E-state index in [-0.39, 0.29) is 24.6 Å². The molecule has 2 aromatic heterocycles. The summed E-state index contributed by atoms with van der Waals surface area (Å²) in [6.45, 7) is 5.09. The van der Waals surface area contributed by atoms with Gasteiger partial charge in [0.2, 0.25) is 5.92 Å². The second-order valence-electron chi connectivity index (χ2n) is 10.3. The number of piperidine rings is 1. The number of benzene rings is 1. The van der Waals surface area contributed by atoms with E-state index in [1.165, 1.54) is 11.7 Å². The van der Waals surface area contributed by atoms with Gasteiger partial charge in [-0.1, -0.05) is 12.1 Å². The molecule has 36 heavy (non-hydrogen) atoms. The van der Waals surface area contributed by atoms with Crippen LogP contribution in [0.5, 0.6) is 0 Å². The van der Waals surface area contributed by atoms with Crippen molar-refractivity contribution in [2.45, 2.75) is 58.0 Å². The smallest absolute Gasteiger partial charge is 0.416 e. The van der Waals surface area contributed by atoms with Gasteiger partial charge in [-0.15, -0.1) is 0 Å². The zero-order valence-electron chi connectivity index (χ0n) is 20.6. The predicted octanol–water partition coefficient (Wildman–Crippen LogP) is 5.72. The van der Waals surface area contributed by atoms with Gasteiger partial charge in [0.25, 0.3) is 0 Å². The van der Waals surface area contributed by atoms with Crippen molar-refractivity contribution in [2.75, 3.05) is 13.7 Å². The molecule has 0 radical (unpaired) electrons. The number of hydrogen-bond donors (Lipinski definition) is 1. The summed E-state index contributed by atoms with van der Waals surface area (Å²) in [6, 6.07) is 7.10. The minimum atomic E-state index is -2.61. The molecule has 5 rings (SSSR count). The molecular weight excluding hydrogens is 468 g/mol. The van der Waals surface area contributed by atoms with Crippen LogP contribution in [-0.4, -0.2) is 51.2 Å². The Bertz CT molecular complexity index is 1340. The van der Waals surface area contributed by atoms with Crippen LogP contribution in [0.3, 0.4) is 0 Å². The summed E-state index contributed by atoms with van der Waals surface area (Å²) in [7, 11) is 1.30. The number of carbonyl (C=O) groups is 2. The van der Waals surface area contributed by atoms with Crippen LogP contribution in [0.2, 0.25) is 0 Å². The topological polar surface area (TPSA) is 84.7 Å². The molecule has 1 atom stereocenters. The van der Waals surface area contributed by atoms with E-state index < -0.39 is 23.4 Å². The van der Waals surface area contributed by atoms with Crippen LogP contribution in [0.1, 0.15) is 64.5 Å². The van der Waals surface area contributed by atoms with Crippen molar-refractivity contribution < 1.29 is 28.2 Å². The monoisotopic (exact) mass is 497 g/mol. The average Bonchev–Trinajstić information content (AvgIpc) is 3.27. The molecule has 0 bridgehead atoms. The lowest BCUT2D eigenvalue weighted by Crippen LogP contribution is -2.53. The molecular formula is C27H29F2N3O4. The maximum atomic E-state index is 13.9. The zero-order chi connectivity index (χ0) is 25.8. The standard InChI is InChI=1S/C27H29F2N3O4/c1-16-10-17(2)23-19(6-8-32(23)25(34)35)20(16)13-31-9-7-26(14-27(28,29)15-26)11-22(31)18-4-5-21(30-12-18)24(33)36-3/h4-6,8,10,12,22H,7,9,11,13-15H2,1-3H3,(H,34,35)/t22-/m1/s1. The fourth-order valence-corrected chi connectivity index (χ4v) is 6.23. The highest BCUT2D eigenvalue weighted by atomic mass is 19.3. The summed E-state index contributed by atoms with van der Waals surface area (Å²) >= 11 is 0. The fourth-order valence-electron chi connectivity index (χ4n) is 6.23. The largest absolute Gasteiger partial charge is 0.464 e. The minimum absolute atomic E-state index is 0.104. The first-order valence-electron chi connectivity index (χ1n) is 12.0. The van der Waals surface area contributed by atoms with Gasteiger partial charge in [-0.05, 0) is 73.0 Å². The Hall–Kier alpha value is -3.33. The molecule has 2 aliphatic rings. The molecule has 1 saturated heterocycles. The third-order valence-corrected chi connectivity index (χ3v) is 7.89. The van der Waals surface area contributed by atoms with Crippen LogP contribution < -0.4 is 0 Å². The van der Waals surface area contributed by atoms with E-state index in [9.17, 15) is 23.5 Å². The molecule has 7 nitrogen and oxygen atoms in total. The molecule has 1 aliphatic carbocycles. The van der Waals surface area contributed by atoms with Crippen LogP contribution in [0.15, 0.2) is 36.7 Å². The van der Waals surface area contributed by atoms with E-state index in [2.05, 4.69) is 9.88 Å². The second kappa shape index (κ2) is 8.65. The third-order valence-electron chi connectivity index (χ3n) is 7.89. The van der Waals surface area contributed by atoms with Gasteiger partial charge in [0, 0.05) is 43.2 Å². The number of alkyl halides is 2. The second-order valence-corrected chi connectivity index (χ2v) is 10.3. The number of methoxy groups -OCH3 is 1. The number of fused-ring (bicyclic) bond motifs is 1. The Labute approximate surface area is 207 Å². The van der Waals surface area contributed by atoms with Gasteiger partial charge in [-0.25, -0.2) is 23.4 Å². The van der Waals surface area contributed by atoms with Crippen LogP contribution in [-0.2, 0) is 11.3 Å². The molecule has 9 heteroatoms. The van der Waals surface area contributed by atoms with Crippen molar-refractivity contribution in [3.05, 3.63) is 64.6 Å². The number of likely N-dealkylation sites (tertiary alicyclic amines) is 1. The SMILES string of the molecule is COC(=O)c1ccc([C@H]2CC3(CCN2Cc2c(C)cc(C)c4c2ccn4C(=O)O)CC(F)(F)C3)cn1. The Balaban J connectivity index is 1.51. The minimum Gasteiger partial charge on any atom is -0.464 e. The highest BCUT2D eigenvalue weighted by Crippen LogP contribution is 2.60. The number of rotatable bonds is 4. The van der Waals surface area contributed by atoms with Crippen molar-refractivity contribution in [1.29, 1.82) is 0 Å². The summed E-state index contributed by atoms with van der Waals surface area (Å²) in [6.07, 6.45) is 3.21. The number of aromatic nitrogens is 2. The quantitative estimate of drug-likeness (QED) is 0.464. The van der Waals surface area contributed by atoms with Gasteiger partial charge in [-0.3, -0.25) is 9.47 Å². The van der Waals surface area contributed by atoms with E-state index in [1.54, 1.807) is 18.5 Å². The fraction of sp³-hybridized carbons (Fsp3) is 0.444. The van der Waals surface area contributed by atoms with Crippen LogP contribution in [0, 0.1) is 19.3 Å². The first kappa shape index (κ1) is 24.4. The Morgan fingerprint density at radius 2 is 1.94 bits per heavy atom. The number of carbonyl (C=O) groups excluding carboxylic acids is 1. The number of carboxylic acid groups (broad SMARTS) is 1. The Morgan fingerprint density at radius 1 is 1.19 bits per heavy atom. The Kier molecular flexibility index (Phi) is 5.86. The average molecular weight is 498 g/mol. The maximum absolute atomic E-state index is 13.9. The Morgan fingerprint density at radius 3 is 2.56 bits per heavy atom. The number of halogens is 2. The van der Waals surface area contributed by atoms with Gasteiger partial charge in [0.1, 0.15) is 5.69 Å². The van der Waals surface area contributed by atoms with Crippen molar-refractivity contribution >= 4 is 23.0 Å². The van der Waals surface area contributed by atoms with E-state index in [0.717, 1.165) is 27.6 Å². The molecule has 3 aromatic rings. The zero-order valence-corrected chi connectivity index (χ0v) is 20.6. The summed E-state index contributed by atoms with van der Waals surface area (Å²) in [5.74, 6) is -3.14. The lowest BCUT2D eigenvalue weighted by Gasteiger charge is -2.54. The van der Waals surface area contributed by atoms with Crippen molar-refractivity contribution in [3.8, 4) is 0 Å². The summed E-state index contributed by atoms with van der Waals surface area (Å²) in [5.41, 5.74) is 4.27. The summed E-state index contributed by atoms with van der Waals surface area (Å²) in [4.78, 5) is 30.2. The van der Waals surface area contributed by atoms with E-state index >= 15 is 0 Å². The highest BCUT2D eigenvalue weighted by molar-refractivity contribution is 5.93. The van der Waals surface area contributed by atoms with E-state index in [0.29, 0.717) is 31.4 Å². The number of aryl methyl sites for hydroxylation is 2. The van der Waals surface area contributed by atoms with Crippen LogP contribution >= 0.6 is 0 Å². The van der Waals surface area contributed by atoms with Gasteiger partial charge in [0.05, 0.1) is 12.6 Å². The number of hydrogen-bond acceptors (Lipinski definition) is 5. The number of pyridine rings is 1. The number of nitrogens with zero attached hydrogens (tertiary/aromatic N) is 3. The summed E-state index contributed by atoms with van der Waals surface area (Å²) < 4.78 is 33.8. The molecule has 3 heterocycles. The van der Waals surface area contributed by atoms with Crippen LogP contribution in [0.25, 0.3) is 10.9 Å². The highest BCUT2D eigenvalue weighted by Gasteiger charge is 2.58. The predicted molar refractivity (Wildman–Crippen MR) is 129 cm³/mol. The van der Waals surface area contributed by atoms with E-state index in [1.807, 2.05) is 32.0 Å². The molecule has 1 N–H and O–H groups in total. The van der Waals surface area contributed by atoms with Gasteiger partial charge < -0.3 is 9.84 Å². The molecule has 0 unspecified atom stereocenters. The molecule has 190 valence electrons.